The number of nitrogens with zero attached hydrogens (tertiary/aromatic N) is 1. The molecule has 0 fully saturated rings. The van der Waals surface area contributed by atoms with E-state index < -0.39 is 5.91 Å². The van der Waals surface area contributed by atoms with Crippen molar-refractivity contribution in [2.45, 2.75) is 0 Å². The highest BCUT2D eigenvalue weighted by Gasteiger charge is 2.16. The third-order valence-electron chi connectivity index (χ3n) is 2.05. The fraction of sp³-hybridized carbons (Fsp3) is 0. The van der Waals surface area contributed by atoms with Crippen LogP contribution >= 0.6 is 27.5 Å². The van der Waals surface area contributed by atoms with Gasteiger partial charge in [0.1, 0.15) is 10.6 Å². The molecule has 16 heavy (non-hydrogen) atoms. The third kappa shape index (κ3) is 1.94. The second kappa shape index (κ2) is 4.23. The summed E-state index contributed by atoms with van der Waals surface area (Å²) < 4.78 is 5.07. The van der Waals surface area contributed by atoms with Gasteiger partial charge >= 0.3 is 0 Å². The molecule has 2 rings (SSSR count). The lowest BCUT2D eigenvalue weighted by Crippen LogP contribution is -2.10. The number of hydrogen-bond donors (Lipinski definition) is 2. The van der Waals surface area contributed by atoms with Crippen LogP contribution in [-0.4, -0.2) is 10.3 Å². The van der Waals surface area contributed by atoms with Crippen LogP contribution in [0, 0.1) is 0 Å². The van der Waals surface area contributed by atoms with Crippen molar-refractivity contribution >= 4 is 39.1 Å². The van der Waals surface area contributed by atoms with Gasteiger partial charge < -0.3 is 11.5 Å². The van der Waals surface area contributed by atoms with E-state index in [1.807, 2.05) is 24.3 Å². The second-order valence-electron chi connectivity index (χ2n) is 3.15. The zero-order chi connectivity index (χ0) is 11.7. The summed E-state index contributed by atoms with van der Waals surface area (Å²) >= 11 is 4.38. The topological polar surface area (TPSA) is 82.0 Å². The molecule has 1 aromatic heterocycles. The monoisotopic (exact) mass is 297 g/mol. The Morgan fingerprint density at radius 1 is 1.44 bits per heavy atom. The molecule has 0 aliphatic rings. The molecule has 1 aromatic carbocycles. The molecule has 0 unspecified atom stereocenters. The number of hydrogen-bond acceptors (Lipinski definition) is 4. The molecule has 0 saturated heterocycles. The Bertz CT molecular complexity index is 553. The molecular formula is C10H8BrN3OS. The van der Waals surface area contributed by atoms with Crippen molar-refractivity contribution < 1.29 is 4.79 Å². The van der Waals surface area contributed by atoms with Gasteiger partial charge in [-0.1, -0.05) is 28.1 Å². The van der Waals surface area contributed by atoms with Gasteiger partial charge in [0.25, 0.3) is 5.91 Å². The highest BCUT2D eigenvalue weighted by Crippen LogP contribution is 2.31. The predicted octanol–water partition coefficient (Wildman–Crippen LogP) is 2.25. The summed E-state index contributed by atoms with van der Waals surface area (Å²) in [6.07, 6.45) is 0. The zero-order valence-corrected chi connectivity index (χ0v) is 10.5. The summed E-state index contributed by atoms with van der Waals surface area (Å²) in [6, 6.07) is 7.54. The van der Waals surface area contributed by atoms with Crippen molar-refractivity contribution in [3.05, 3.63) is 33.6 Å². The van der Waals surface area contributed by atoms with Gasteiger partial charge in [-0.3, -0.25) is 4.79 Å². The van der Waals surface area contributed by atoms with Crippen molar-refractivity contribution in [1.29, 1.82) is 0 Å². The predicted molar refractivity (Wildman–Crippen MR) is 68.2 cm³/mol. The van der Waals surface area contributed by atoms with Gasteiger partial charge in [-0.15, -0.1) is 0 Å². The van der Waals surface area contributed by atoms with Crippen molar-refractivity contribution in [2.75, 3.05) is 5.73 Å². The second-order valence-corrected chi connectivity index (χ2v) is 4.84. The molecule has 4 N–H and O–H groups in total. The van der Waals surface area contributed by atoms with Crippen molar-refractivity contribution in [3.8, 4) is 11.3 Å². The molecule has 0 atom stereocenters. The fourth-order valence-electron chi connectivity index (χ4n) is 1.32. The molecule has 82 valence electrons. The van der Waals surface area contributed by atoms with Gasteiger partial charge in [0.05, 0.1) is 5.69 Å². The van der Waals surface area contributed by atoms with Crippen LogP contribution in [0.3, 0.4) is 0 Å². The number of amides is 1. The third-order valence-corrected chi connectivity index (χ3v) is 3.42. The minimum Gasteiger partial charge on any atom is -0.396 e. The van der Waals surface area contributed by atoms with E-state index in [0.717, 1.165) is 21.6 Å². The first-order chi connectivity index (χ1) is 7.59. The molecule has 0 radical (unpaired) electrons. The van der Waals surface area contributed by atoms with E-state index >= 15 is 0 Å². The maximum absolute atomic E-state index is 11.0. The standard InChI is InChI=1S/C10H8BrN3OS/c11-6-3-1-2-5(4-6)8-7(12)9(10(13)15)16-14-8/h1-4H,12H2,(H2,13,15). The molecule has 6 heteroatoms. The average molecular weight is 298 g/mol. The van der Waals surface area contributed by atoms with Crippen LogP contribution < -0.4 is 11.5 Å². The molecular weight excluding hydrogens is 290 g/mol. The Kier molecular flexibility index (Phi) is 2.93. The summed E-state index contributed by atoms with van der Waals surface area (Å²) in [7, 11) is 0. The van der Waals surface area contributed by atoms with E-state index in [1.165, 1.54) is 0 Å². The number of primary amides is 1. The number of rotatable bonds is 2. The summed E-state index contributed by atoms with van der Waals surface area (Å²) in [6.45, 7) is 0. The Balaban J connectivity index is 2.53. The van der Waals surface area contributed by atoms with Gasteiger partial charge in [-0.2, -0.15) is 4.37 Å². The molecule has 1 amide bonds. The number of carbonyl (C=O) groups is 1. The van der Waals surface area contributed by atoms with Crippen molar-refractivity contribution in [2.24, 2.45) is 5.73 Å². The first-order valence-electron chi connectivity index (χ1n) is 4.40. The normalized spacial score (nSPS) is 10.3. The highest BCUT2D eigenvalue weighted by molar-refractivity contribution is 9.10. The number of benzene rings is 1. The number of nitrogen functional groups attached to an aromatic ring is 1. The summed E-state index contributed by atoms with van der Waals surface area (Å²) in [4.78, 5) is 11.3. The van der Waals surface area contributed by atoms with Gasteiger partial charge in [0, 0.05) is 10.0 Å². The first kappa shape index (κ1) is 11.1. The van der Waals surface area contributed by atoms with E-state index in [4.69, 9.17) is 11.5 Å². The molecule has 2 aromatic rings. The lowest BCUT2D eigenvalue weighted by molar-refractivity contribution is 0.100. The zero-order valence-electron chi connectivity index (χ0n) is 8.11. The fourth-order valence-corrected chi connectivity index (χ4v) is 2.39. The molecule has 1 heterocycles. The maximum Gasteiger partial charge on any atom is 0.262 e. The van der Waals surface area contributed by atoms with Gasteiger partial charge in [0.15, 0.2) is 0 Å². The van der Waals surface area contributed by atoms with E-state index in [2.05, 4.69) is 20.3 Å². The number of halogens is 1. The van der Waals surface area contributed by atoms with Crippen molar-refractivity contribution in [1.82, 2.24) is 4.37 Å². The number of aromatic nitrogens is 1. The minimum atomic E-state index is -0.545. The van der Waals surface area contributed by atoms with Gasteiger partial charge in [0.2, 0.25) is 0 Å². The van der Waals surface area contributed by atoms with E-state index in [0.29, 0.717) is 16.3 Å². The molecule has 0 aliphatic carbocycles. The van der Waals surface area contributed by atoms with Crippen LogP contribution in [0.5, 0.6) is 0 Å². The van der Waals surface area contributed by atoms with Crippen LogP contribution in [-0.2, 0) is 0 Å². The SMILES string of the molecule is NC(=O)c1snc(-c2cccc(Br)c2)c1N. The summed E-state index contributed by atoms with van der Waals surface area (Å²) in [5.41, 5.74) is 12.8. The number of nitrogens with two attached hydrogens (primary N) is 2. The Morgan fingerprint density at radius 3 is 2.75 bits per heavy atom. The Labute approximate surface area is 105 Å². The highest BCUT2D eigenvalue weighted by atomic mass is 79.9. The molecule has 0 bridgehead atoms. The number of anilines is 1. The quantitative estimate of drug-likeness (QED) is 0.892. The lowest BCUT2D eigenvalue weighted by Gasteiger charge is -1.99. The average Bonchev–Trinajstić information content (AvgIpc) is 2.60. The van der Waals surface area contributed by atoms with Crippen LogP contribution in [0.4, 0.5) is 5.69 Å². The smallest absolute Gasteiger partial charge is 0.262 e. The van der Waals surface area contributed by atoms with Gasteiger partial charge in [-0.25, -0.2) is 0 Å². The molecule has 0 spiro atoms. The molecule has 0 saturated carbocycles. The van der Waals surface area contributed by atoms with Crippen molar-refractivity contribution in [3.63, 3.8) is 0 Å². The number of carbonyl (C=O) groups excluding carboxylic acids is 1. The summed E-state index contributed by atoms with van der Waals surface area (Å²) in [5.74, 6) is -0.545. The Morgan fingerprint density at radius 2 is 2.19 bits per heavy atom. The summed E-state index contributed by atoms with van der Waals surface area (Å²) in [5, 5.41) is 0. The van der Waals surface area contributed by atoms with Crippen LogP contribution in [0.15, 0.2) is 28.7 Å². The lowest BCUT2D eigenvalue weighted by atomic mass is 10.1. The van der Waals surface area contributed by atoms with Crippen LogP contribution in [0.1, 0.15) is 9.67 Å². The van der Waals surface area contributed by atoms with Gasteiger partial charge in [-0.05, 0) is 23.7 Å². The van der Waals surface area contributed by atoms with Crippen LogP contribution in [0.25, 0.3) is 11.3 Å². The van der Waals surface area contributed by atoms with E-state index in [-0.39, 0.29) is 0 Å². The van der Waals surface area contributed by atoms with E-state index in [1.54, 1.807) is 0 Å². The van der Waals surface area contributed by atoms with E-state index in [9.17, 15) is 4.79 Å². The maximum atomic E-state index is 11.0. The largest absolute Gasteiger partial charge is 0.396 e. The first-order valence-corrected chi connectivity index (χ1v) is 5.97. The van der Waals surface area contributed by atoms with Crippen LogP contribution in [0.2, 0.25) is 0 Å². The Hall–Kier alpha value is -1.40. The molecule has 4 nitrogen and oxygen atoms in total. The molecule has 0 aliphatic heterocycles. The minimum absolute atomic E-state index is 0.301.